The number of carbonyl (C=O) groups is 3. The second-order valence-corrected chi connectivity index (χ2v) is 12.4. The Morgan fingerprint density at radius 1 is 0.787 bits per heavy atom. The van der Waals surface area contributed by atoms with Gasteiger partial charge in [-0.3, -0.25) is 14.4 Å². The van der Waals surface area contributed by atoms with Crippen LogP contribution in [0, 0.1) is 0 Å². The molecular weight excluding hydrogens is 588 g/mol. The molecular formula is C39H46N4O4. The summed E-state index contributed by atoms with van der Waals surface area (Å²) in [7, 11) is 3.32. The Morgan fingerprint density at radius 2 is 1.45 bits per heavy atom. The Balaban J connectivity index is 1.35. The third kappa shape index (κ3) is 9.50. The predicted octanol–water partition coefficient (Wildman–Crippen LogP) is 4.41. The topological polar surface area (TPSA) is 91.0 Å². The summed E-state index contributed by atoms with van der Waals surface area (Å²) in [6, 6.07) is 32.5. The Morgan fingerprint density at radius 3 is 2.15 bits per heavy atom. The van der Waals surface area contributed by atoms with Crippen molar-refractivity contribution >= 4 is 28.5 Å². The van der Waals surface area contributed by atoms with Gasteiger partial charge in [-0.2, -0.15) is 0 Å². The van der Waals surface area contributed by atoms with E-state index < -0.39 is 12.1 Å². The average molecular weight is 635 g/mol. The monoisotopic (exact) mass is 634 g/mol. The van der Waals surface area contributed by atoms with Crippen molar-refractivity contribution in [3.8, 4) is 0 Å². The molecule has 4 aromatic carbocycles. The first kappa shape index (κ1) is 33.8. The highest BCUT2D eigenvalue weighted by Gasteiger charge is 2.35. The van der Waals surface area contributed by atoms with Gasteiger partial charge in [-0.25, -0.2) is 0 Å². The van der Waals surface area contributed by atoms with Crippen molar-refractivity contribution in [2.75, 3.05) is 40.4 Å². The lowest BCUT2D eigenvalue weighted by Crippen LogP contribution is -2.56. The van der Waals surface area contributed by atoms with Crippen molar-refractivity contribution in [3.05, 3.63) is 120 Å². The van der Waals surface area contributed by atoms with Crippen LogP contribution < -0.4 is 10.6 Å². The standard InChI is InChI=1S/C39H46N4O4/c1-42(37(44)28-47-27-34-18-11-22-40-34)36(26-31-19-20-32-16-9-10-17-33(32)24-31)39(46)43(2)35(25-30-14-7-4-8-15-30)38(45)41-23-21-29-12-5-3-6-13-29/h3-10,12-17,19-20,24,34-36,40H,11,18,21-23,25-28H2,1-2H3,(H,41,45). The average Bonchev–Trinajstić information content (AvgIpc) is 3.63. The molecule has 3 amide bonds. The maximum absolute atomic E-state index is 14.5. The fourth-order valence-corrected chi connectivity index (χ4v) is 6.17. The van der Waals surface area contributed by atoms with E-state index in [-0.39, 0.29) is 30.4 Å². The summed E-state index contributed by atoms with van der Waals surface area (Å²) in [6.45, 7) is 1.74. The van der Waals surface area contributed by atoms with Gasteiger partial charge < -0.3 is 25.2 Å². The molecule has 3 unspecified atom stereocenters. The fourth-order valence-electron chi connectivity index (χ4n) is 6.17. The second kappa shape index (κ2) is 16.9. The molecule has 0 radical (unpaired) electrons. The van der Waals surface area contributed by atoms with Crippen LogP contribution in [0.4, 0.5) is 0 Å². The van der Waals surface area contributed by atoms with Crippen molar-refractivity contribution < 1.29 is 19.1 Å². The molecule has 246 valence electrons. The lowest BCUT2D eigenvalue weighted by atomic mass is 9.98. The number of ether oxygens (including phenoxy) is 1. The number of amides is 3. The van der Waals surface area contributed by atoms with Crippen molar-refractivity contribution in [1.82, 2.24) is 20.4 Å². The van der Waals surface area contributed by atoms with Crippen LogP contribution in [0.15, 0.2) is 103 Å². The van der Waals surface area contributed by atoms with Gasteiger partial charge in [0.1, 0.15) is 18.7 Å². The molecule has 1 heterocycles. The molecule has 1 aliphatic rings. The highest BCUT2D eigenvalue weighted by Crippen LogP contribution is 2.20. The molecule has 0 bridgehead atoms. The van der Waals surface area contributed by atoms with Gasteiger partial charge in [-0.1, -0.05) is 103 Å². The number of hydrogen-bond acceptors (Lipinski definition) is 5. The van der Waals surface area contributed by atoms with Crippen LogP contribution in [-0.4, -0.2) is 86.0 Å². The van der Waals surface area contributed by atoms with Crippen LogP contribution in [0.5, 0.6) is 0 Å². The number of nitrogens with one attached hydrogen (secondary N) is 2. The number of rotatable bonds is 15. The summed E-state index contributed by atoms with van der Waals surface area (Å²) in [5.41, 5.74) is 3.00. The molecule has 5 rings (SSSR count). The predicted molar refractivity (Wildman–Crippen MR) is 186 cm³/mol. The lowest BCUT2D eigenvalue weighted by Gasteiger charge is -2.34. The minimum atomic E-state index is -0.836. The van der Waals surface area contributed by atoms with Crippen molar-refractivity contribution in [3.63, 3.8) is 0 Å². The molecule has 3 atom stereocenters. The maximum atomic E-state index is 14.5. The van der Waals surface area contributed by atoms with Crippen LogP contribution in [-0.2, 0) is 38.4 Å². The number of fused-ring (bicyclic) bond motifs is 1. The number of nitrogens with zero attached hydrogens (tertiary/aromatic N) is 2. The van der Waals surface area contributed by atoms with E-state index in [9.17, 15) is 14.4 Å². The van der Waals surface area contributed by atoms with E-state index in [1.807, 2.05) is 97.1 Å². The molecule has 1 aliphatic heterocycles. The molecule has 0 spiro atoms. The molecule has 1 saturated heterocycles. The van der Waals surface area contributed by atoms with Gasteiger partial charge in [0, 0.05) is 39.5 Å². The number of carbonyl (C=O) groups excluding carboxylic acids is 3. The van der Waals surface area contributed by atoms with E-state index in [1.54, 1.807) is 14.1 Å². The molecule has 8 nitrogen and oxygen atoms in total. The van der Waals surface area contributed by atoms with Gasteiger partial charge in [0.2, 0.25) is 17.7 Å². The van der Waals surface area contributed by atoms with E-state index >= 15 is 0 Å². The lowest BCUT2D eigenvalue weighted by molar-refractivity contribution is -0.149. The summed E-state index contributed by atoms with van der Waals surface area (Å²) in [4.78, 5) is 44.7. The number of hydrogen-bond donors (Lipinski definition) is 2. The van der Waals surface area contributed by atoms with E-state index in [4.69, 9.17) is 4.74 Å². The normalized spacial score (nSPS) is 15.6. The second-order valence-electron chi connectivity index (χ2n) is 12.4. The SMILES string of the molecule is CN(C(=O)COCC1CCCN1)C(Cc1ccc2ccccc2c1)C(=O)N(C)C(Cc1ccccc1)C(=O)NCCc1ccccc1. The van der Waals surface area contributed by atoms with E-state index in [0.717, 1.165) is 46.8 Å². The highest BCUT2D eigenvalue weighted by atomic mass is 16.5. The zero-order chi connectivity index (χ0) is 33.0. The quantitative estimate of drug-likeness (QED) is 0.202. The van der Waals surface area contributed by atoms with E-state index in [2.05, 4.69) is 16.7 Å². The van der Waals surface area contributed by atoms with Crippen LogP contribution in [0.25, 0.3) is 10.8 Å². The maximum Gasteiger partial charge on any atom is 0.249 e. The molecule has 47 heavy (non-hydrogen) atoms. The van der Waals surface area contributed by atoms with Crippen molar-refractivity contribution in [1.29, 1.82) is 0 Å². The summed E-state index contributed by atoms with van der Waals surface area (Å²) >= 11 is 0. The van der Waals surface area contributed by atoms with Gasteiger partial charge in [0.05, 0.1) is 6.61 Å². The van der Waals surface area contributed by atoms with Crippen LogP contribution in [0.1, 0.15) is 29.5 Å². The molecule has 2 N–H and O–H groups in total. The molecule has 0 saturated carbocycles. The van der Waals surface area contributed by atoms with Gasteiger partial charge >= 0.3 is 0 Å². The summed E-state index contributed by atoms with van der Waals surface area (Å²) < 4.78 is 5.80. The Labute approximate surface area is 278 Å². The first-order chi connectivity index (χ1) is 22.9. The minimum Gasteiger partial charge on any atom is -0.370 e. The summed E-state index contributed by atoms with van der Waals surface area (Å²) in [6.07, 6.45) is 3.45. The Hall–Kier alpha value is -4.53. The molecule has 1 fully saturated rings. The first-order valence-electron chi connectivity index (χ1n) is 16.6. The third-order valence-electron chi connectivity index (χ3n) is 9.04. The van der Waals surface area contributed by atoms with Crippen LogP contribution >= 0.6 is 0 Å². The molecule has 0 aliphatic carbocycles. The van der Waals surface area contributed by atoms with Crippen LogP contribution in [0.2, 0.25) is 0 Å². The first-order valence-corrected chi connectivity index (χ1v) is 16.6. The zero-order valence-corrected chi connectivity index (χ0v) is 27.4. The zero-order valence-electron chi connectivity index (χ0n) is 27.4. The van der Waals surface area contributed by atoms with Crippen LogP contribution in [0.3, 0.4) is 0 Å². The number of benzene rings is 4. The molecule has 4 aromatic rings. The van der Waals surface area contributed by atoms with Gasteiger partial charge in [0.15, 0.2) is 0 Å². The van der Waals surface area contributed by atoms with Crippen molar-refractivity contribution in [2.45, 2.75) is 50.2 Å². The fraction of sp³-hybridized carbons (Fsp3) is 0.359. The minimum absolute atomic E-state index is 0.118. The summed E-state index contributed by atoms with van der Waals surface area (Å²) in [5, 5.41) is 8.61. The van der Waals surface area contributed by atoms with Crippen molar-refractivity contribution in [2.24, 2.45) is 0 Å². The molecule has 8 heteroatoms. The number of likely N-dealkylation sites (N-methyl/N-ethyl adjacent to an activating group) is 2. The Kier molecular flexibility index (Phi) is 12.1. The van der Waals surface area contributed by atoms with E-state index in [0.29, 0.717) is 32.4 Å². The van der Waals surface area contributed by atoms with Gasteiger partial charge in [-0.05, 0) is 53.3 Å². The van der Waals surface area contributed by atoms with Gasteiger partial charge in [-0.15, -0.1) is 0 Å². The highest BCUT2D eigenvalue weighted by molar-refractivity contribution is 5.92. The molecule has 0 aromatic heterocycles. The largest absolute Gasteiger partial charge is 0.370 e. The summed E-state index contributed by atoms with van der Waals surface area (Å²) in [5.74, 6) is -0.806. The van der Waals surface area contributed by atoms with Gasteiger partial charge in [0.25, 0.3) is 0 Å². The smallest absolute Gasteiger partial charge is 0.249 e. The third-order valence-corrected chi connectivity index (χ3v) is 9.04. The Bertz CT molecular complexity index is 1610. The van der Waals surface area contributed by atoms with E-state index in [1.165, 1.54) is 9.80 Å².